The van der Waals surface area contributed by atoms with Crippen LogP contribution in [0.3, 0.4) is 0 Å². The molecule has 0 unspecified atom stereocenters. The maximum absolute atomic E-state index is 12.8. The van der Waals surface area contributed by atoms with Gasteiger partial charge in [-0.3, -0.25) is 4.79 Å². The summed E-state index contributed by atoms with van der Waals surface area (Å²) in [7, 11) is 0. The molecular formula is C15H20FNO3S. The molecule has 1 heterocycles. The van der Waals surface area contributed by atoms with Crippen LogP contribution >= 0.6 is 11.8 Å². The first-order chi connectivity index (χ1) is 10.1. The van der Waals surface area contributed by atoms with Gasteiger partial charge in [0.15, 0.2) is 0 Å². The summed E-state index contributed by atoms with van der Waals surface area (Å²) < 4.78 is 18.0. The number of carbonyl (C=O) groups excluding carboxylic acids is 1. The Morgan fingerprint density at radius 1 is 1.33 bits per heavy atom. The Labute approximate surface area is 128 Å². The number of nitrogens with one attached hydrogen (secondary N) is 1. The van der Waals surface area contributed by atoms with E-state index in [4.69, 9.17) is 4.74 Å². The fourth-order valence-corrected chi connectivity index (χ4v) is 3.05. The van der Waals surface area contributed by atoms with Gasteiger partial charge in [-0.25, -0.2) is 4.39 Å². The molecule has 1 saturated heterocycles. The van der Waals surface area contributed by atoms with Gasteiger partial charge < -0.3 is 15.2 Å². The molecule has 1 aliphatic heterocycles. The lowest BCUT2D eigenvalue weighted by Gasteiger charge is -2.36. The Bertz CT molecular complexity index is 460. The van der Waals surface area contributed by atoms with E-state index in [1.165, 1.54) is 23.9 Å². The van der Waals surface area contributed by atoms with Crippen molar-refractivity contribution in [2.24, 2.45) is 0 Å². The van der Waals surface area contributed by atoms with Crippen LogP contribution in [0.1, 0.15) is 18.4 Å². The zero-order valence-electron chi connectivity index (χ0n) is 11.8. The van der Waals surface area contributed by atoms with Crippen LogP contribution in [0.4, 0.5) is 4.39 Å². The van der Waals surface area contributed by atoms with E-state index in [-0.39, 0.29) is 18.3 Å². The van der Waals surface area contributed by atoms with Crippen molar-refractivity contribution in [2.45, 2.75) is 24.1 Å². The van der Waals surface area contributed by atoms with Gasteiger partial charge in [0, 0.05) is 19.0 Å². The van der Waals surface area contributed by atoms with Crippen molar-refractivity contribution in [2.75, 3.05) is 25.6 Å². The molecule has 0 aromatic heterocycles. The molecular weight excluding hydrogens is 293 g/mol. The summed E-state index contributed by atoms with van der Waals surface area (Å²) in [6, 6.07) is 6.26. The Morgan fingerprint density at radius 2 is 2.00 bits per heavy atom. The minimum Gasteiger partial charge on any atom is -0.394 e. The van der Waals surface area contributed by atoms with E-state index >= 15 is 0 Å². The average molecular weight is 313 g/mol. The van der Waals surface area contributed by atoms with Gasteiger partial charge in [-0.2, -0.15) is 0 Å². The summed E-state index contributed by atoms with van der Waals surface area (Å²) in [5.74, 6) is 0.632. The number of carbonyl (C=O) groups is 1. The van der Waals surface area contributed by atoms with Crippen molar-refractivity contribution in [3.8, 4) is 0 Å². The van der Waals surface area contributed by atoms with Gasteiger partial charge in [-0.05, 0) is 30.5 Å². The second-order valence-corrected chi connectivity index (χ2v) is 6.20. The SMILES string of the molecule is O=C(CSCc1ccc(F)cc1)NC1(CO)CCOCC1. The highest BCUT2D eigenvalue weighted by atomic mass is 32.2. The molecule has 0 bridgehead atoms. The van der Waals surface area contributed by atoms with Crippen LogP contribution in [0, 0.1) is 5.82 Å². The van der Waals surface area contributed by atoms with Gasteiger partial charge in [-0.15, -0.1) is 11.8 Å². The quantitative estimate of drug-likeness (QED) is 0.839. The van der Waals surface area contributed by atoms with E-state index in [1.54, 1.807) is 12.1 Å². The number of hydrogen-bond acceptors (Lipinski definition) is 4. The average Bonchev–Trinajstić information content (AvgIpc) is 2.50. The monoisotopic (exact) mass is 313 g/mol. The summed E-state index contributed by atoms with van der Waals surface area (Å²) in [4.78, 5) is 12.0. The molecule has 1 aromatic carbocycles. The molecule has 0 saturated carbocycles. The summed E-state index contributed by atoms with van der Waals surface area (Å²) >= 11 is 1.47. The van der Waals surface area contributed by atoms with Crippen LogP contribution < -0.4 is 5.32 Å². The first-order valence-corrected chi connectivity index (χ1v) is 8.11. The van der Waals surface area contributed by atoms with Crippen LogP contribution in [0.2, 0.25) is 0 Å². The molecule has 2 N–H and O–H groups in total. The lowest BCUT2D eigenvalue weighted by molar-refractivity contribution is -0.122. The third-order valence-electron chi connectivity index (χ3n) is 3.57. The smallest absolute Gasteiger partial charge is 0.230 e. The Hall–Kier alpha value is -1.11. The number of rotatable bonds is 6. The van der Waals surface area contributed by atoms with Crippen molar-refractivity contribution < 1.29 is 19.0 Å². The van der Waals surface area contributed by atoms with Crippen LogP contribution in [-0.4, -0.2) is 42.1 Å². The Balaban J connectivity index is 1.75. The zero-order valence-corrected chi connectivity index (χ0v) is 12.6. The van der Waals surface area contributed by atoms with Gasteiger partial charge in [0.2, 0.25) is 5.91 Å². The molecule has 21 heavy (non-hydrogen) atoms. The molecule has 1 amide bonds. The van der Waals surface area contributed by atoms with Crippen molar-refractivity contribution in [1.29, 1.82) is 0 Å². The van der Waals surface area contributed by atoms with Crippen LogP contribution in [-0.2, 0) is 15.3 Å². The van der Waals surface area contributed by atoms with Crippen LogP contribution in [0.15, 0.2) is 24.3 Å². The Kier molecular flexibility index (Phi) is 6.02. The lowest BCUT2D eigenvalue weighted by atomic mass is 9.91. The second kappa shape index (κ2) is 7.77. The predicted molar refractivity (Wildman–Crippen MR) is 80.6 cm³/mol. The fraction of sp³-hybridized carbons (Fsp3) is 0.533. The molecule has 0 spiro atoms. The standard InChI is InChI=1S/C15H20FNO3S/c16-13-3-1-12(2-4-13)9-21-10-14(19)17-15(11-18)5-7-20-8-6-15/h1-4,18H,5-11H2,(H,17,19). The number of halogens is 1. The molecule has 2 rings (SSSR count). The first-order valence-electron chi connectivity index (χ1n) is 6.95. The molecule has 116 valence electrons. The summed E-state index contributed by atoms with van der Waals surface area (Å²) in [5, 5.41) is 12.4. The van der Waals surface area contributed by atoms with E-state index < -0.39 is 5.54 Å². The molecule has 0 radical (unpaired) electrons. The van der Waals surface area contributed by atoms with E-state index in [9.17, 15) is 14.3 Å². The first kappa shape index (κ1) is 16.3. The molecule has 0 atom stereocenters. The number of amides is 1. The highest BCUT2D eigenvalue weighted by Gasteiger charge is 2.33. The topological polar surface area (TPSA) is 58.6 Å². The normalized spacial score (nSPS) is 17.4. The molecule has 0 aliphatic carbocycles. The number of benzene rings is 1. The maximum Gasteiger partial charge on any atom is 0.230 e. The summed E-state index contributed by atoms with van der Waals surface area (Å²) in [6.45, 7) is 1.05. The van der Waals surface area contributed by atoms with Crippen molar-refractivity contribution >= 4 is 17.7 Å². The van der Waals surface area contributed by atoms with Gasteiger partial charge in [0.1, 0.15) is 5.82 Å². The second-order valence-electron chi connectivity index (χ2n) is 5.22. The third kappa shape index (κ3) is 4.98. The fourth-order valence-electron chi connectivity index (χ4n) is 2.26. The van der Waals surface area contributed by atoms with Crippen LogP contribution in [0.5, 0.6) is 0 Å². The summed E-state index contributed by atoms with van der Waals surface area (Å²) in [6.07, 6.45) is 1.27. The molecule has 1 fully saturated rings. The van der Waals surface area contributed by atoms with Crippen molar-refractivity contribution in [1.82, 2.24) is 5.32 Å². The van der Waals surface area contributed by atoms with E-state index in [0.717, 1.165) is 5.56 Å². The number of aliphatic hydroxyl groups excluding tert-OH is 1. The number of aliphatic hydroxyl groups is 1. The minimum absolute atomic E-state index is 0.0648. The predicted octanol–water partition coefficient (Wildman–Crippen LogP) is 1.72. The number of hydrogen-bond donors (Lipinski definition) is 2. The van der Waals surface area contributed by atoms with Crippen molar-refractivity contribution in [3.63, 3.8) is 0 Å². The molecule has 4 nitrogen and oxygen atoms in total. The highest BCUT2D eigenvalue weighted by Crippen LogP contribution is 2.20. The van der Waals surface area contributed by atoms with Gasteiger partial charge >= 0.3 is 0 Å². The third-order valence-corrected chi connectivity index (χ3v) is 4.58. The van der Waals surface area contributed by atoms with Gasteiger partial charge in [-0.1, -0.05) is 12.1 Å². The molecule has 1 aromatic rings. The van der Waals surface area contributed by atoms with Gasteiger partial charge in [0.05, 0.1) is 17.9 Å². The van der Waals surface area contributed by atoms with Crippen molar-refractivity contribution in [3.05, 3.63) is 35.6 Å². The maximum atomic E-state index is 12.8. The van der Waals surface area contributed by atoms with Gasteiger partial charge in [0.25, 0.3) is 0 Å². The minimum atomic E-state index is -0.536. The number of ether oxygens (including phenoxy) is 1. The summed E-state index contributed by atoms with van der Waals surface area (Å²) in [5.41, 5.74) is 0.448. The molecule has 1 aliphatic rings. The van der Waals surface area contributed by atoms with E-state index in [2.05, 4.69) is 5.32 Å². The largest absolute Gasteiger partial charge is 0.394 e. The van der Waals surface area contributed by atoms with E-state index in [0.29, 0.717) is 37.6 Å². The van der Waals surface area contributed by atoms with Crippen LogP contribution in [0.25, 0.3) is 0 Å². The van der Waals surface area contributed by atoms with E-state index in [1.807, 2.05) is 0 Å². The number of thioether (sulfide) groups is 1. The Morgan fingerprint density at radius 3 is 2.62 bits per heavy atom. The highest BCUT2D eigenvalue weighted by molar-refractivity contribution is 7.99. The molecule has 6 heteroatoms. The zero-order chi connectivity index (χ0) is 15.1. The lowest BCUT2D eigenvalue weighted by Crippen LogP contribution is -2.55.